The Morgan fingerprint density at radius 2 is 2.18 bits per heavy atom. The molecule has 118 valence electrons. The first-order valence-corrected chi connectivity index (χ1v) is 7.19. The molecule has 0 spiro atoms. The highest BCUT2D eigenvalue weighted by Crippen LogP contribution is 2.34. The Morgan fingerprint density at radius 1 is 1.36 bits per heavy atom. The van der Waals surface area contributed by atoms with Crippen LogP contribution in [-0.4, -0.2) is 26.2 Å². The molecule has 0 radical (unpaired) electrons. The van der Waals surface area contributed by atoms with Crippen LogP contribution in [0, 0.1) is 0 Å². The molecular weight excluding hydrogens is 293 g/mol. The summed E-state index contributed by atoms with van der Waals surface area (Å²) in [6.45, 7) is 1.32. The Labute approximate surface area is 126 Å². The van der Waals surface area contributed by atoms with Gasteiger partial charge in [-0.15, -0.1) is 0 Å². The highest BCUT2D eigenvalue weighted by atomic mass is 19.4. The van der Waals surface area contributed by atoms with Crippen molar-refractivity contribution in [3.8, 4) is 0 Å². The minimum Gasteiger partial charge on any atom is -0.290 e. The van der Waals surface area contributed by atoms with Crippen molar-refractivity contribution in [2.45, 2.75) is 31.6 Å². The molecule has 1 aliphatic heterocycles. The highest BCUT2D eigenvalue weighted by molar-refractivity contribution is 5.17. The number of nitrogens with zero attached hydrogens (tertiary/aromatic N) is 4. The average Bonchev–Trinajstić information content (AvgIpc) is 3.07. The lowest BCUT2D eigenvalue weighted by molar-refractivity contribution is -0.141. The third-order valence-electron chi connectivity index (χ3n) is 4.07. The predicted octanol–water partition coefficient (Wildman–Crippen LogP) is 3.17. The second kappa shape index (κ2) is 5.72. The average molecular weight is 310 g/mol. The molecule has 0 aliphatic carbocycles. The lowest BCUT2D eigenvalue weighted by Gasteiger charge is -2.24. The maximum Gasteiger partial charge on any atom is 0.435 e. The zero-order valence-corrected chi connectivity index (χ0v) is 12.2. The minimum absolute atomic E-state index is 0.206. The molecule has 4 nitrogen and oxygen atoms in total. The molecule has 2 aromatic heterocycles. The summed E-state index contributed by atoms with van der Waals surface area (Å²) in [5.74, 6) is 0. The molecule has 0 bridgehead atoms. The smallest absolute Gasteiger partial charge is 0.290 e. The van der Waals surface area contributed by atoms with Crippen LogP contribution in [0.5, 0.6) is 0 Å². The normalized spacial score (nSPS) is 19.7. The van der Waals surface area contributed by atoms with E-state index in [9.17, 15) is 13.2 Å². The number of likely N-dealkylation sites (tertiary alicyclic amines) is 1. The van der Waals surface area contributed by atoms with Gasteiger partial charge in [-0.3, -0.25) is 14.6 Å². The van der Waals surface area contributed by atoms with E-state index in [-0.39, 0.29) is 6.04 Å². The quantitative estimate of drug-likeness (QED) is 0.873. The largest absolute Gasteiger partial charge is 0.435 e. The SMILES string of the molecule is Cn1nc(C(F)(F)F)cc1CN1CCCC1c1cccnc1. The second-order valence-electron chi connectivity index (χ2n) is 5.56. The van der Waals surface area contributed by atoms with E-state index in [2.05, 4.69) is 15.0 Å². The summed E-state index contributed by atoms with van der Waals surface area (Å²) >= 11 is 0. The molecule has 7 heteroatoms. The van der Waals surface area contributed by atoms with Crippen LogP contribution in [0.4, 0.5) is 13.2 Å². The van der Waals surface area contributed by atoms with E-state index in [1.54, 1.807) is 13.2 Å². The molecule has 1 saturated heterocycles. The van der Waals surface area contributed by atoms with Crippen LogP contribution < -0.4 is 0 Å². The van der Waals surface area contributed by atoms with Gasteiger partial charge in [-0.05, 0) is 37.1 Å². The number of aryl methyl sites for hydroxylation is 1. The Kier molecular flexibility index (Phi) is 3.90. The van der Waals surface area contributed by atoms with Gasteiger partial charge in [0.05, 0.1) is 5.69 Å². The van der Waals surface area contributed by atoms with Crippen molar-refractivity contribution in [3.05, 3.63) is 47.5 Å². The van der Waals surface area contributed by atoms with Gasteiger partial charge >= 0.3 is 6.18 Å². The van der Waals surface area contributed by atoms with Gasteiger partial charge in [-0.2, -0.15) is 18.3 Å². The van der Waals surface area contributed by atoms with E-state index < -0.39 is 11.9 Å². The number of pyridine rings is 1. The molecule has 1 atom stereocenters. The van der Waals surface area contributed by atoms with Gasteiger partial charge < -0.3 is 0 Å². The van der Waals surface area contributed by atoms with Gasteiger partial charge in [0.2, 0.25) is 0 Å². The molecule has 0 amide bonds. The number of aromatic nitrogens is 3. The monoisotopic (exact) mass is 310 g/mol. The molecule has 0 saturated carbocycles. The van der Waals surface area contributed by atoms with Crippen molar-refractivity contribution in [1.82, 2.24) is 19.7 Å². The van der Waals surface area contributed by atoms with Crippen molar-refractivity contribution in [2.24, 2.45) is 7.05 Å². The zero-order valence-electron chi connectivity index (χ0n) is 12.2. The number of hydrogen-bond acceptors (Lipinski definition) is 3. The van der Waals surface area contributed by atoms with Gasteiger partial charge in [0, 0.05) is 32.0 Å². The van der Waals surface area contributed by atoms with Crippen molar-refractivity contribution >= 4 is 0 Å². The van der Waals surface area contributed by atoms with E-state index in [4.69, 9.17) is 0 Å². The molecule has 0 N–H and O–H groups in total. The van der Waals surface area contributed by atoms with Crippen LogP contribution in [0.15, 0.2) is 30.6 Å². The Morgan fingerprint density at radius 3 is 2.82 bits per heavy atom. The van der Waals surface area contributed by atoms with Crippen molar-refractivity contribution in [1.29, 1.82) is 0 Å². The van der Waals surface area contributed by atoms with Crippen molar-refractivity contribution in [2.75, 3.05) is 6.54 Å². The third-order valence-corrected chi connectivity index (χ3v) is 4.07. The van der Waals surface area contributed by atoms with Crippen molar-refractivity contribution in [3.63, 3.8) is 0 Å². The molecule has 0 aromatic carbocycles. The fraction of sp³-hybridized carbons (Fsp3) is 0.467. The summed E-state index contributed by atoms with van der Waals surface area (Å²) in [7, 11) is 1.56. The second-order valence-corrected chi connectivity index (χ2v) is 5.56. The van der Waals surface area contributed by atoms with Crippen LogP contribution in [-0.2, 0) is 19.8 Å². The predicted molar refractivity (Wildman–Crippen MR) is 74.8 cm³/mol. The molecular formula is C15H17F3N4. The number of halogens is 3. The van der Waals surface area contributed by atoms with E-state index in [1.807, 2.05) is 18.3 Å². The van der Waals surface area contributed by atoms with Gasteiger partial charge in [0.25, 0.3) is 0 Å². The fourth-order valence-electron chi connectivity index (χ4n) is 2.97. The summed E-state index contributed by atoms with van der Waals surface area (Å²) in [6, 6.07) is 5.24. The van der Waals surface area contributed by atoms with Gasteiger partial charge in [-0.25, -0.2) is 0 Å². The topological polar surface area (TPSA) is 34.0 Å². The van der Waals surface area contributed by atoms with E-state index in [1.165, 1.54) is 4.68 Å². The van der Waals surface area contributed by atoms with Crippen molar-refractivity contribution < 1.29 is 13.2 Å². The minimum atomic E-state index is -4.40. The fourth-order valence-corrected chi connectivity index (χ4v) is 2.97. The molecule has 1 fully saturated rings. The zero-order chi connectivity index (χ0) is 15.7. The maximum atomic E-state index is 12.7. The number of alkyl halides is 3. The number of rotatable bonds is 3. The summed E-state index contributed by atoms with van der Waals surface area (Å²) in [5, 5.41) is 3.57. The van der Waals surface area contributed by atoms with Crippen LogP contribution in [0.3, 0.4) is 0 Å². The molecule has 22 heavy (non-hydrogen) atoms. The maximum absolute atomic E-state index is 12.7. The molecule has 3 rings (SSSR count). The first-order valence-electron chi connectivity index (χ1n) is 7.19. The molecule has 3 heterocycles. The van der Waals surface area contributed by atoms with Crippen LogP contribution >= 0.6 is 0 Å². The van der Waals surface area contributed by atoms with Crippen LogP contribution in [0.2, 0.25) is 0 Å². The van der Waals surface area contributed by atoms with E-state index in [0.29, 0.717) is 12.2 Å². The highest BCUT2D eigenvalue weighted by Gasteiger charge is 2.35. The molecule has 1 unspecified atom stereocenters. The first kappa shape index (κ1) is 15.0. The van der Waals surface area contributed by atoms with Crippen LogP contribution in [0.25, 0.3) is 0 Å². The summed E-state index contributed by atoms with van der Waals surface area (Å²) in [6.07, 6.45) is 1.18. The van der Waals surface area contributed by atoms with Gasteiger partial charge in [-0.1, -0.05) is 6.07 Å². The van der Waals surface area contributed by atoms with Gasteiger partial charge in [0.1, 0.15) is 0 Å². The Balaban J connectivity index is 1.79. The third kappa shape index (κ3) is 2.99. The Bertz CT molecular complexity index is 636. The first-order chi connectivity index (χ1) is 10.4. The Hall–Kier alpha value is -1.89. The lowest BCUT2D eigenvalue weighted by atomic mass is 10.1. The summed E-state index contributed by atoms with van der Waals surface area (Å²) in [5.41, 5.74) is 0.850. The van der Waals surface area contributed by atoms with Crippen LogP contribution in [0.1, 0.15) is 35.8 Å². The summed E-state index contributed by atoms with van der Waals surface area (Å²) in [4.78, 5) is 6.32. The van der Waals surface area contributed by atoms with E-state index in [0.717, 1.165) is 31.0 Å². The van der Waals surface area contributed by atoms with Gasteiger partial charge in [0.15, 0.2) is 5.69 Å². The molecule has 1 aliphatic rings. The lowest BCUT2D eigenvalue weighted by Crippen LogP contribution is -2.24. The summed E-state index contributed by atoms with van der Waals surface area (Å²) < 4.78 is 39.5. The standard InChI is InChI=1S/C15H17F3N4/c1-21-12(8-14(20-21)15(16,17)18)10-22-7-3-5-13(22)11-4-2-6-19-9-11/h2,4,6,8-9,13H,3,5,7,10H2,1H3. The molecule has 2 aromatic rings. The van der Waals surface area contributed by atoms with E-state index >= 15 is 0 Å². The number of hydrogen-bond donors (Lipinski definition) is 0.